The molecule has 1 aromatic rings. The van der Waals surface area contributed by atoms with E-state index in [1.807, 2.05) is 4.90 Å². The van der Waals surface area contributed by atoms with Crippen LogP contribution in [-0.4, -0.2) is 71.2 Å². The van der Waals surface area contributed by atoms with Gasteiger partial charge in [0.15, 0.2) is 0 Å². The van der Waals surface area contributed by atoms with E-state index in [9.17, 15) is 14.4 Å². The Kier molecular flexibility index (Phi) is 4.61. The van der Waals surface area contributed by atoms with Gasteiger partial charge in [-0.25, -0.2) is 0 Å². The zero-order valence-corrected chi connectivity index (χ0v) is 15.3. The van der Waals surface area contributed by atoms with Gasteiger partial charge in [0.25, 0.3) is 5.91 Å². The lowest BCUT2D eigenvalue weighted by Crippen LogP contribution is -2.52. The van der Waals surface area contributed by atoms with Gasteiger partial charge in [-0.15, -0.1) is 0 Å². The van der Waals surface area contributed by atoms with Crippen LogP contribution in [0.4, 0.5) is 0 Å². The van der Waals surface area contributed by atoms with Crippen LogP contribution in [0.15, 0.2) is 24.3 Å². The summed E-state index contributed by atoms with van der Waals surface area (Å²) in [6.07, 6.45) is 2.47. The molecule has 1 unspecified atom stereocenters. The summed E-state index contributed by atoms with van der Waals surface area (Å²) in [6, 6.07) is 7.22. The van der Waals surface area contributed by atoms with Crippen molar-refractivity contribution in [1.82, 2.24) is 14.7 Å². The maximum Gasteiger partial charge on any atom is 0.253 e. The molecule has 0 N–H and O–H groups in total. The average Bonchev–Trinajstić information content (AvgIpc) is 3.43. The molecule has 1 aromatic carbocycles. The molecule has 138 valence electrons. The fraction of sp³-hybridized carbons (Fsp3) is 0.526. The minimum absolute atomic E-state index is 0.0373. The molecule has 3 fully saturated rings. The summed E-state index contributed by atoms with van der Waals surface area (Å²) in [5, 5.41) is 0.600. The first kappa shape index (κ1) is 17.3. The van der Waals surface area contributed by atoms with Gasteiger partial charge < -0.3 is 14.7 Å². The molecule has 2 saturated heterocycles. The number of piperazine rings is 1. The summed E-state index contributed by atoms with van der Waals surface area (Å²) < 4.78 is 0. The molecule has 2 aliphatic heterocycles. The topological polar surface area (TPSA) is 60.9 Å². The number of hydrogen-bond acceptors (Lipinski definition) is 3. The normalized spacial score (nSPS) is 23.5. The standard InChI is InChI=1S/C19H22ClN3O3/c20-15-3-1-13(2-4-15)18(25)21-7-9-22(10-8-21)19(26)14-11-17(24)23(12-14)16-5-6-16/h1-4,14,16H,5-12H2. The van der Waals surface area contributed by atoms with E-state index in [1.165, 1.54) is 0 Å². The Morgan fingerprint density at radius 1 is 0.962 bits per heavy atom. The van der Waals surface area contributed by atoms with E-state index < -0.39 is 0 Å². The van der Waals surface area contributed by atoms with Crippen molar-refractivity contribution in [3.63, 3.8) is 0 Å². The van der Waals surface area contributed by atoms with Crippen LogP contribution in [0, 0.1) is 5.92 Å². The van der Waals surface area contributed by atoms with Gasteiger partial charge in [0.1, 0.15) is 0 Å². The molecule has 2 heterocycles. The molecule has 3 aliphatic rings. The number of halogens is 1. The molecule has 1 aliphatic carbocycles. The predicted molar refractivity (Wildman–Crippen MR) is 96.8 cm³/mol. The second-order valence-corrected chi connectivity index (χ2v) is 7.74. The maximum absolute atomic E-state index is 12.7. The zero-order chi connectivity index (χ0) is 18.3. The first-order chi connectivity index (χ1) is 12.5. The number of amides is 3. The second-order valence-electron chi connectivity index (χ2n) is 7.30. The van der Waals surface area contributed by atoms with E-state index in [-0.39, 0.29) is 23.6 Å². The molecule has 0 aromatic heterocycles. The Bertz CT molecular complexity index is 724. The number of carbonyl (C=O) groups excluding carboxylic acids is 3. The van der Waals surface area contributed by atoms with Crippen molar-refractivity contribution in [1.29, 1.82) is 0 Å². The monoisotopic (exact) mass is 375 g/mol. The molecule has 3 amide bonds. The van der Waals surface area contributed by atoms with Crippen LogP contribution in [0.1, 0.15) is 29.6 Å². The molecule has 1 saturated carbocycles. The molecule has 6 nitrogen and oxygen atoms in total. The fourth-order valence-corrected chi connectivity index (χ4v) is 3.93. The lowest BCUT2D eigenvalue weighted by atomic mass is 10.1. The van der Waals surface area contributed by atoms with Crippen molar-refractivity contribution in [3.05, 3.63) is 34.9 Å². The molecule has 4 rings (SSSR count). The molecule has 0 bridgehead atoms. The number of carbonyl (C=O) groups is 3. The minimum atomic E-state index is -0.221. The highest BCUT2D eigenvalue weighted by Crippen LogP contribution is 2.33. The van der Waals surface area contributed by atoms with Crippen molar-refractivity contribution < 1.29 is 14.4 Å². The van der Waals surface area contributed by atoms with Crippen LogP contribution in [0.5, 0.6) is 0 Å². The summed E-state index contributed by atoms with van der Waals surface area (Å²) in [6.45, 7) is 2.63. The largest absolute Gasteiger partial charge is 0.339 e. The maximum atomic E-state index is 12.7. The van der Waals surface area contributed by atoms with Gasteiger partial charge in [0, 0.05) is 55.8 Å². The van der Waals surface area contributed by atoms with Crippen LogP contribution in [0.25, 0.3) is 0 Å². The fourth-order valence-electron chi connectivity index (χ4n) is 3.80. The molecule has 7 heteroatoms. The summed E-state index contributed by atoms with van der Waals surface area (Å²) in [7, 11) is 0. The number of rotatable bonds is 3. The van der Waals surface area contributed by atoms with Crippen molar-refractivity contribution in [2.24, 2.45) is 5.92 Å². The van der Waals surface area contributed by atoms with Crippen LogP contribution >= 0.6 is 11.6 Å². The molecule has 1 atom stereocenters. The first-order valence-electron chi connectivity index (χ1n) is 9.16. The van der Waals surface area contributed by atoms with E-state index in [0.29, 0.717) is 55.8 Å². The average molecular weight is 376 g/mol. The molecule has 0 radical (unpaired) electrons. The van der Waals surface area contributed by atoms with Crippen LogP contribution in [0.2, 0.25) is 5.02 Å². The highest BCUT2D eigenvalue weighted by Gasteiger charge is 2.43. The van der Waals surface area contributed by atoms with E-state index >= 15 is 0 Å². The first-order valence-corrected chi connectivity index (χ1v) is 9.54. The third-order valence-corrected chi connectivity index (χ3v) is 5.72. The Morgan fingerprint density at radius 3 is 2.19 bits per heavy atom. The predicted octanol–water partition coefficient (Wildman–Crippen LogP) is 1.64. The Labute approximate surface area is 157 Å². The van der Waals surface area contributed by atoms with Gasteiger partial charge in [-0.2, -0.15) is 0 Å². The summed E-state index contributed by atoms with van der Waals surface area (Å²) in [5.41, 5.74) is 0.607. The van der Waals surface area contributed by atoms with E-state index in [4.69, 9.17) is 11.6 Å². The number of benzene rings is 1. The Morgan fingerprint density at radius 2 is 1.58 bits per heavy atom. The van der Waals surface area contributed by atoms with Gasteiger partial charge >= 0.3 is 0 Å². The summed E-state index contributed by atoms with van der Waals surface area (Å²) in [4.78, 5) is 42.8. The SMILES string of the molecule is O=C(c1ccc(Cl)cc1)N1CCN(C(=O)C2CC(=O)N(C3CC3)C2)CC1. The van der Waals surface area contributed by atoms with E-state index in [1.54, 1.807) is 34.1 Å². The van der Waals surface area contributed by atoms with Crippen LogP contribution in [-0.2, 0) is 9.59 Å². The number of hydrogen-bond donors (Lipinski definition) is 0. The lowest BCUT2D eigenvalue weighted by Gasteiger charge is -2.36. The quantitative estimate of drug-likeness (QED) is 0.806. The Hall–Kier alpha value is -2.08. The minimum Gasteiger partial charge on any atom is -0.339 e. The zero-order valence-electron chi connectivity index (χ0n) is 14.6. The highest BCUT2D eigenvalue weighted by molar-refractivity contribution is 6.30. The van der Waals surface area contributed by atoms with E-state index in [0.717, 1.165) is 12.8 Å². The van der Waals surface area contributed by atoms with Gasteiger partial charge in [-0.1, -0.05) is 11.6 Å². The lowest BCUT2D eigenvalue weighted by molar-refractivity contribution is -0.137. The van der Waals surface area contributed by atoms with Crippen molar-refractivity contribution >= 4 is 29.3 Å². The molecule has 26 heavy (non-hydrogen) atoms. The van der Waals surface area contributed by atoms with Crippen molar-refractivity contribution in [2.75, 3.05) is 32.7 Å². The molecular formula is C19H22ClN3O3. The molecular weight excluding hydrogens is 354 g/mol. The van der Waals surface area contributed by atoms with Crippen molar-refractivity contribution in [2.45, 2.75) is 25.3 Å². The van der Waals surface area contributed by atoms with E-state index in [2.05, 4.69) is 0 Å². The molecule has 0 spiro atoms. The van der Waals surface area contributed by atoms with Gasteiger partial charge in [-0.05, 0) is 37.1 Å². The summed E-state index contributed by atoms with van der Waals surface area (Å²) >= 11 is 5.87. The second kappa shape index (κ2) is 6.91. The van der Waals surface area contributed by atoms with Gasteiger partial charge in [0.05, 0.1) is 5.92 Å². The number of likely N-dealkylation sites (tertiary alicyclic amines) is 1. The third-order valence-electron chi connectivity index (χ3n) is 5.47. The van der Waals surface area contributed by atoms with Crippen LogP contribution < -0.4 is 0 Å². The smallest absolute Gasteiger partial charge is 0.253 e. The van der Waals surface area contributed by atoms with Crippen molar-refractivity contribution in [3.8, 4) is 0 Å². The Balaban J connectivity index is 1.32. The summed E-state index contributed by atoms with van der Waals surface area (Å²) in [5.74, 6) is -0.0890. The third kappa shape index (κ3) is 3.43. The highest BCUT2D eigenvalue weighted by atomic mass is 35.5. The van der Waals surface area contributed by atoms with Gasteiger partial charge in [-0.3, -0.25) is 14.4 Å². The van der Waals surface area contributed by atoms with Gasteiger partial charge in [0.2, 0.25) is 11.8 Å². The van der Waals surface area contributed by atoms with Crippen LogP contribution in [0.3, 0.4) is 0 Å². The number of nitrogens with zero attached hydrogens (tertiary/aromatic N) is 3.